The van der Waals surface area contributed by atoms with Crippen molar-refractivity contribution in [3.63, 3.8) is 0 Å². The molecule has 90 valence electrons. The molecule has 0 saturated carbocycles. The monoisotopic (exact) mass is 263 g/mol. The summed E-state index contributed by atoms with van der Waals surface area (Å²) in [5.74, 6) is 0.000881. The molecule has 1 aromatic heterocycles. The summed E-state index contributed by atoms with van der Waals surface area (Å²) in [6, 6.07) is -0.833. The molecule has 3 N–H and O–H groups in total. The van der Waals surface area contributed by atoms with Gasteiger partial charge in [-0.15, -0.1) is 0 Å². The molecule has 1 aromatic rings. The van der Waals surface area contributed by atoms with Crippen LogP contribution < -0.4 is 5.73 Å². The molecule has 0 aliphatic heterocycles. The van der Waals surface area contributed by atoms with E-state index in [4.69, 9.17) is 22.4 Å². The molecule has 0 aliphatic rings. The molecular weight excluding hydrogens is 250 g/mol. The summed E-state index contributed by atoms with van der Waals surface area (Å²) in [5, 5.41) is 13.4. The number of aromatic nitrogens is 2. The highest BCUT2D eigenvalue weighted by Gasteiger charge is 2.14. The Morgan fingerprint density at radius 2 is 2.38 bits per heavy atom. The number of halogens is 1. The van der Waals surface area contributed by atoms with Crippen LogP contribution in [0.3, 0.4) is 0 Å². The minimum Gasteiger partial charge on any atom is -0.480 e. The first kappa shape index (κ1) is 13.3. The molecule has 16 heavy (non-hydrogen) atoms. The maximum atomic E-state index is 10.5. The number of hydrogen-bond donors (Lipinski definition) is 2. The lowest BCUT2D eigenvalue weighted by Crippen LogP contribution is -2.32. The van der Waals surface area contributed by atoms with E-state index in [0.717, 1.165) is 11.3 Å². The van der Waals surface area contributed by atoms with Crippen LogP contribution >= 0.6 is 23.4 Å². The van der Waals surface area contributed by atoms with Gasteiger partial charge in [-0.2, -0.15) is 16.9 Å². The van der Waals surface area contributed by atoms with Crippen molar-refractivity contribution in [2.75, 3.05) is 5.75 Å². The average molecular weight is 264 g/mol. The molecule has 0 aromatic carbocycles. The van der Waals surface area contributed by atoms with E-state index in [1.165, 1.54) is 11.8 Å². The third kappa shape index (κ3) is 3.13. The molecule has 7 heteroatoms. The molecule has 5 nitrogen and oxygen atoms in total. The van der Waals surface area contributed by atoms with E-state index in [1.807, 2.05) is 6.92 Å². The number of rotatable bonds is 5. The second-order valence-electron chi connectivity index (χ2n) is 3.44. The maximum Gasteiger partial charge on any atom is 0.321 e. The van der Waals surface area contributed by atoms with Gasteiger partial charge < -0.3 is 10.8 Å². The van der Waals surface area contributed by atoms with Gasteiger partial charge in [-0.1, -0.05) is 11.6 Å². The lowest BCUT2D eigenvalue weighted by molar-refractivity contribution is -0.137. The number of carboxylic acid groups (broad SMARTS) is 1. The van der Waals surface area contributed by atoms with Crippen LogP contribution in [-0.2, 0) is 17.6 Å². The van der Waals surface area contributed by atoms with Crippen molar-refractivity contribution >= 4 is 29.3 Å². The predicted molar refractivity (Wildman–Crippen MR) is 64.7 cm³/mol. The van der Waals surface area contributed by atoms with E-state index in [-0.39, 0.29) is 0 Å². The van der Waals surface area contributed by atoms with E-state index in [2.05, 4.69) is 5.10 Å². The topological polar surface area (TPSA) is 81.1 Å². The van der Waals surface area contributed by atoms with Gasteiger partial charge in [0.1, 0.15) is 11.2 Å². The Kier molecular flexibility index (Phi) is 4.64. The molecule has 1 rings (SSSR count). The van der Waals surface area contributed by atoms with Gasteiger partial charge in [0.2, 0.25) is 0 Å². The normalized spacial score (nSPS) is 12.8. The molecule has 1 heterocycles. The first-order valence-electron chi connectivity index (χ1n) is 4.67. The summed E-state index contributed by atoms with van der Waals surface area (Å²) in [6.07, 6.45) is 0. The summed E-state index contributed by atoms with van der Waals surface area (Å²) in [7, 11) is 1.77. The number of nitrogens with zero attached hydrogens (tertiary/aromatic N) is 2. The van der Waals surface area contributed by atoms with Gasteiger partial charge in [0, 0.05) is 24.1 Å². The average Bonchev–Trinajstić information content (AvgIpc) is 2.44. The zero-order valence-electron chi connectivity index (χ0n) is 9.11. The molecule has 0 bridgehead atoms. The zero-order valence-corrected chi connectivity index (χ0v) is 10.7. The van der Waals surface area contributed by atoms with Crippen molar-refractivity contribution in [1.82, 2.24) is 9.78 Å². The molecule has 0 saturated heterocycles. The van der Waals surface area contributed by atoms with E-state index in [9.17, 15) is 4.79 Å². The summed E-state index contributed by atoms with van der Waals surface area (Å²) < 4.78 is 1.60. The summed E-state index contributed by atoms with van der Waals surface area (Å²) >= 11 is 7.47. The summed E-state index contributed by atoms with van der Waals surface area (Å²) in [4.78, 5) is 10.5. The van der Waals surface area contributed by atoms with Gasteiger partial charge in [0.25, 0.3) is 0 Å². The van der Waals surface area contributed by atoms with Crippen LogP contribution in [0.1, 0.15) is 11.3 Å². The van der Waals surface area contributed by atoms with Crippen molar-refractivity contribution < 1.29 is 9.90 Å². The minimum atomic E-state index is -0.985. The number of nitrogens with two attached hydrogens (primary N) is 1. The predicted octanol–water partition coefficient (Wildman–Crippen LogP) is 1.03. The fraction of sp³-hybridized carbons (Fsp3) is 0.556. The van der Waals surface area contributed by atoms with Gasteiger partial charge in [-0.3, -0.25) is 9.48 Å². The highest BCUT2D eigenvalue weighted by molar-refractivity contribution is 7.98. The Bertz CT molecular complexity index is 394. The standard InChI is InChI=1S/C9H14ClN3O2S/c1-5-6(8(10)13(2)12-5)3-16-4-7(11)9(14)15/h7H,3-4,11H2,1-2H3,(H,14,15). The number of carboxylic acids is 1. The molecule has 0 fully saturated rings. The summed E-state index contributed by atoms with van der Waals surface area (Å²) in [5.41, 5.74) is 7.19. The smallest absolute Gasteiger partial charge is 0.321 e. The first-order chi connectivity index (χ1) is 7.43. The van der Waals surface area contributed by atoms with Crippen molar-refractivity contribution in [2.45, 2.75) is 18.7 Å². The molecule has 0 spiro atoms. The number of thioether (sulfide) groups is 1. The van der Waals surface area contributed by atoms with Crippen LogP contribution in [-0.4, -0.2) is 32.7 Å². The van der Waals surface area contributed by atoms with Crippen LogP contribution in [0.4, 0.5) is 0 Å². The van der Waals surface area contributed by atoms with Crippen LogP contribution in [0.5, 0.6) is 0 Å². The van der Waals surface area contributed by atoms with Gasteiger partial charge in [0.05, 0.1) is 5.69 Å². The lowest BCUT2D eigenvalue weighted by atomic mass is 10.3. The molecule has 1 atom stereocenters. The highest BCUT2D eigenvalue weighted by atomic mass is 35.5. The highest BCUT2D eigenvalue weighted by Crippen LogP contribution is 2.23. The minimum absolute atomic E-state index is 0.361. The fourth-order valence-corrected chi connectivity index (χ4v) is 2.58. The first-order valence-corrected chi connectivity index (χ1v) is 6.20. The molecule has 0 aliphatic carbocycles. The Hall–Kier alpha value is -0.720. The second-order valence-corrected chi connectivity index (χ2v) is 4.83. The van der Waals surface area contributed by atoms with Gasteiger partial charge in [0.15, 0.2) is 0 Å². The fourth-order valence-electron chi connectivity index (χ4n) is 1.20. The number of aryl methyl sites for hydroxylation is 2. The maximum absolute atomic E-state index is 10.5. The van der Waals surface area contributed by atoms with Gasteiger partial charge >= 0.3 is 5.97 Å². The largest absolute Gasteiger partial charge is 0.480 e. The lowest BCUT2D eigenvalue weighted by Gasteiger charge is -2.05. The van der Waals surface area contributed by atoms with Crippen LogP contribution in [0.25, 0.3) is 0 Å². The zero-order chi connectivity index (χ0) is 12.3. The van der Waals surface area contributed by atoms with E-state index >= 15 is 0 Å². The van der Waals surface area contributed by atoms with E-state index in [0.29, 0.717) is 16.7 Å². The second kappa shape index (κ2) is 5.56. The van der Waals surface area contributed by atoms with Crippen LogP contribution in [0.15, 0.2) is 0 Å². The van der Waals surface area contributed by atoms with E-state index < -0.39 is 12.0 Å². The molecule has 0 amide bonds. The Balaban J connectivity index is 2.52. The number of carbonyl (C=O) groups is 1. The SMILES string of the molecule is Cc1nn(C)c(Cl)c1CSCC(N)C(=O)O. The summed E-state index contributed by atoms with van der Waals surface area (Å²) in [6.45, 7) is 1.87. The van der Waals surface area contributed by atoms with Gasteiger partial charge in [-0.25, -0.2) is 0 Å². The molecular formula is C9H14ClN3O2S. The van der Waals surface area contributed by atoms with Crippen LogP contribution in [0, 0.1) is 6.92 Å². The molecule has 1 unspecified atom stereocenters. The number of hydrogen-bond acceptors (Lipinski definition) is 4. The van der Waals surface area contributed by atoms with Gasteiger partial charge in [-0.05, 0) is 6.92 Å². The Labute approximate surface area is 103 Å². The Morgan fingerprint density at radius 3 is 2.81 bits per heavy atom. The third-order valence-electron chi connectivity index (χ3n) is 2.13. The van der Waals surface area contributed by atoms with Crippen molar-refractivity contribution in [2.24, 2.45) is 12.8 Å². The van der Waals surface area contributed by atoms with Crippen LogP contribution in [0.2, 0.25) is 5.15 Å². The molecule has 0 radical (unpaired) electrons. The quantitative estimate of drug-likeness (QED) is 0.829. The number of aliphatic carboxylic acids is 1. The third-order valence-corrected chi connectivity index (χ3v) is 3.69. The van der Waals surface area contributed by atoms with Crippen molar-refractivity contribution in [1.29, 1.82) is 0 Å². The van der Waals surface area contributed by atoms with Crippen molar-refractivity contribution in [3.8, 4) is 0 Å². The Morgan fingerprint density at radius 1 is 1.75 bits per heavy atom. The van der Waals surface area contributed by atoms with Crippen molar-refractivity contribution in [3.05, 3.63) is 16.4 Å². The van der Waals surface area contributed by atoms with E-state index in [1.54, 1.807) is 11.7 Å².